The number of hydrogen-bond donors (Lipinski definition) is 6. The Kier molecular flexibility index (Phi) is 9.53. The predicted octanol–water partition coefficient (Wildman–Crippen LogP) is -0.843. The van der Waals surface area contributed by atoms with Crippen LogP contribution in [-0.2, 0) is 9.59 Å². The van der Waals surface area contributed by atoms with E-state index >= 15 is 0 Å². The number of aromatic nitrogens is 2. The Balaban J connectivity index is 1.79. The Morgan fingerprint density at radius 1 is 1.18 bits per heavy atom. The number of rotatable bonds is 12. The maximum absolute atomic E-state index is 12.8. The number of aromatic amines is 1. The molecule has 0 saturated carbocycles. The monoisotopic (exact) mass is 495 g/mol. The molecule has 13 heteroatoms. The topological polar surface area (TPSA) is 191 Å². The quantitative estimate of drug-likeness (QED) is 0.201. The smallest absolute Gasteiger partial charge is 0.270 e. The van der Waals surface area contributed by atoms with Crippen LogP contribution in [0.15, 0.2) is 11.0 Å². The SMILES string of the molecule is CCNC(=O)c1[nH]nc2c1C(=O)C(SCCC(=O)NCCNC(=O)C(O)C(C)(C)CO)=CC2=O. The standard InChI is InChI=1S/C21H29N5O7S/c1-4-22-19(32)16-14-15(25-26-16)11(28)9-12(17(14)30)34-8-5-13(29)23-6-7-24-20(33)18(31)21(2,3)10-27/h9,18,27,31H,4-8,10H2,1-3H3,(H,22,32)(H,23,29)(H,24,33)(H,25,26). The second-order valence-electron chi connectivity index (χ2n) is 8.17. The number of thioether (sulfide) groups is 1. The van der Waals surface area contributed by atoms with Gasteiger partial charge in [-0.3, -0.25) is 29.1 Å². The molecule has 0 fully saturated rings. The number of nitrogens with zero attached hydrogens (tertiary/aromatic N) is 1. The minimum atomic E-state index is -1.39. The van der Waals surface area contributed by atoms with E-state index in [1.165, 1.54) is 0 Å². The van der Waals surface area contributed by atoms with Gasteiger partial charge in [0.05, 0.1) is 17.1 Å². The summed E-state index contributed by atoms with van der Waals surface area (Å²) in [5.41, 5.74) is -1.25. The van der Waals surface area contributed by atoms with Gasteiger partial charge in [-0.15, -0.1) is 11.8 Å². The van der Waals surface area contributed by atoms with Crippen LogP contribution in [0.4, 0.5) is 0 Å². The molecule has 0 aliphatic heterocycles. The number of amides is 3. The van der Waals surface area contributed by atoms with E-state index in [1.54, 1.807) is 20.8 Å². The summed E-state index contributed by atoms with van der Waals surface area (Å²) in [5.74, 6) is -2.33. The van der Waals surface area contributed by atoms with E-state index in [1.807, 2.05) is 0 Å². The van der Waals surface area contributed by atoms with Crippen LogP contribution in [0.5, 0.6) is 0 Å². The van der Waals surface area contributed by atoms with E-state index in [0.29, 0.717) is 6.54 Å². The molecule has 0 saturated heterocycles. The zero-order valence-electron chi connectivity index (χ0n) is 19.2. The minimum absolute atomic E-state index is 0.0407. The largest absolute Gasteiger partial charge is 0.396 e. The van der Waals surface area contributed by atoms with Crippen molar-refractivity contribution in [3.05, 3.63) is 27.9 Å². The van der Waals surface area contributed by atoms with E-state index in [-0.39, 0.29) is 59.6 Å². The molecule has 1 atom stereocenters. The Morgan fingerprint density at radius 3 is 2.50 bits per heavy atom. The Bertz CT molecular complexity index is 1000. The summed E-state index contributed by atoms with van der Waals surface area (Å²) in [5, 5.41) is 33.0. The van der Waals surface area contributed by atoms with Crippen molar-refractivity contribution < 1.29 is 34.2 Å². The molecule has 2 rings (SSSR count). The van der Waals surface area contributed by atoms with Crippen molar-refractivity contribution in [2.45, 2.75) is 33.3 Å². The van der Waals surface area contributed by atoms with Crippen LogP contribution in [0.3, 0.4) is 0 Å². The van der Waals surface area contributed by atoms with Crippen LogP contribution < -0.4 is 16.0 Å². The van der Waals surface area contributed by atoms with E-state index in [2.05, 4.69) is 26.1 Å². The molecule has 0 spiro atoms. The van der Waals surface area contributed by atoms with Crippen LogP contribution >= 0.6 is 11.8 Å². The van der Waals surface area contributed by atoms with E-state index in [4.69, 9.17) is 0 Å². The highest BCUT2D eigenvalue weighted by atomic mass is 32.2. The maximum Gasteiger partial charge on any atom is 0.270 e. The molecule has 34 heavy (non-hydrogen) atoms. The summed E-state index contributed by atoms with van der Waals surface area (Å²) in [6, 6.07) is 0. The van der Waals surface area contributed by atoms with Crippen molar-refractivity contribution in [2.24, 2.45) is 5.41 Å². The van der Waals surface area contributed by atoms with Gasteiger partial charge in [-0.2, -0.15) is 5.10 Å². The summed E-state index contributed by atoms with van der Waals surface area (Å²) in [6.45, 7) is 4.99. The highest BCUT2D eigenvalue weighted by Gasteiger charge is 2.34. The number of allylic oxidation sites excluding steroid dienone is 2. The first-order chi connectivity index (χ1) is 16.0. The van der Waals surface area contributed by atoms with Gasteiger partial charge < -0.3 is 26.2 Å². The van der Waals surface area contributed by atoms with Gasteiger partial charge in [0.25, 0.3) is 5.91 Å². The van der Waals surface area contributed by atoms with Gasteiger partial charge >= 0.3 is 0 Å². The van der Waals surface area contributed by atoms with Crippen LogP contribution in [0.2, 0.25) is 0 Å². The molecule has 1 aliphatic carbocycles. The average Bonchev–Trinajstić information content (AvgIpc) is 3.25. The number of nitrogens with one attached hydrogen (secondary N) is 4. The second kappa shape index (κ2) is 11.9. The fourth-order valence-corrected chi connectivity index (χ4v) is 3.84. The van der Waals surface area contributed by atoms with Crippen LogP contribution in [-0.4, -0.2) is 87.8 Å². The van der Waals surface area contributed by atoms with Crippen molar-refractivity contribution in [3.8, 4) is 0 Å². The summed E-state index contributed by atoms with van der Waals surface area (Å²) < 4.78 is 0. The fourth-order valence-electron chi connectivity index (χ4n) is 2.91. The number of aliphatic hydroxyl groups excluding tert-OH is 2. The molecule has 1 aromatic rings. The molecule has 0 radical (unpaired) electrons. The zero-order valence-corrected chi connectivity index (χ0v) is 20.0. The highest BCUT2D eigenvalue weighted by molar-refractivity contribution is 8.04. The Labute approximate surface area is 200 Å². The molecule has 6 N–H and O–H groups in total. The number of Topliss-reactive ketones (excluding diaryl/α,β-unsaturated/α-hetero) is 1. The summed E-state index contributed by atoms with van der Waals surface area (Å²) >= 11 is 1.02. The Morgan fingerprint density at radius 2 is 1.85 bits per heavy atom. The van der Waals surface area contributed by atoms with Crippen molar-refractivity contribution in [1.82, 2.24) is 26.1 Å². The summed E-state index contributed by atoms with van der Waals surface area (Å²) in [7, 11) is 0. The molecule has 1 unspecified atom stereocenters. The number of H-pyrrole nitrogens is 1. The average molecular weight is 496 g/mol. The van der Waals surface area contributed by atoms with E-state index in [9.17, 15) is 34.2 Å². The lowest BCUT2D eigenvalue weighted by molar-refractivity contribution is -0.137. The molecule has 3 amide bonds. The van der Waals surface area contributed by atoms with E-state index in [0.717, 1.165) is 17.8 Å². The lowest BCUT2D eigenvalue weighted by Gasteiger charge is -2.27. The lowest BCUT2D eigenvalue weighted by Crippen LogP contribution is -2.47. The van der Waals surface area contributed by atoms with Gasteiger partial charge in [-0.05, 0) is 6.92 Å². The molecule has 0 bridgehead atoms. The van der Waals surface area contributed by atoms with E-state index < -0.39 is 34.9 Å². The van der Waals surface area contributed by atoms with Crippen LogP contribution in [0.1, 0.15) is 58.5 Å². The fraction of sp³-hybridized carbons (Fsp3) is 0.524. The van der Waals surface area contributed by atoms with Gasteiger partial charge in [0.15, 0.2) is 0 Å². The molecule has 12 nitrogen and oxygen atoms in total. The van der Waals surface area contributed by atoms with Crippen LogP contribution in [0.25, 0.3) is 0 Å². The summed E-state index contributed by atoms with van der Waals surface area (Å²) in [4.78, 5) is 61.2. The second-order valence-corrected chi connectivity index (χ2v) is 9.31. The number of ketones is 2. The van der Waals surface area contributed by atoms with Gasteiger partial charge in [-0.1, -0.05) is 13.8 Å². The molecule has 1 heterocycles. The third-order valence-corrected chi connectivity index (χ3v) is 6.03. The van der Waals surface area contributed by atoms with Crippen molar-refractivity contribution in [1.29, 1.82) is 0 Å². The first-order valence-electron chi connectivity index (χ1n) is 10.7. The predicted molar refractivity (Wildman–Crippen MR) is 123 cm³/mol. The normalized spacial score (nSPS) is 14.2. The number of hydrogen-bond acceptors (Lipinski definition) is 9. The molecule has 0 aromatic carbocycles. The minimum Gasteiger partial charge on any atom is -0.396 e. The van der Waals surface area contributed by atoms with Crippen LogP contribution in [0, 0.1) is 5.41 Å². The molecular weight excluding hydrogens is 466 g/mol. The van der Waals surface area contributed by atoms with Crippen molar-refractivity contribution >= 4 is 41.0 Å². The third-order valence-electron chi connectivity index (χ3n) is 5.01. The molecule has 186 valence electrons. The van der Waals surface area contributed by atoms with Gasteiger partial charge in [0.2, 0.25) is 23.4 Å². The zero-order chi connectivity index (χ0) is 25.5. The van der Waals surface area contributed by atoms with Crippen molar-refractivity contribution in [3.63, 3.8) is 0 Å². The maximum atomic E-state index is 12.8. The number of carbonyl (C=O) groups excluding carboxylic acids is 5. The summed E-state index contributed by atoms with van der Waals surface area (Å²) in [6.07, 6.45) is -0.207. The van der Waals surface area contributed by atoms with Gasteiger partial charge in [0.1, 0.15) is 17.5 Å². The third kappa shape index (κ3) is 6.52. The first kappa shape index (κ1) is 27.2. The van der Waals surface area contributed by atoms with Gasteiger partial charge in [0, 0.05) is 43.3 Å². The Hall–Kier alpha value is -3.03. The first-order valence-corrected chi connectivity index (χ1v) is 11.7. The molecule has 1 aliphatic rings. The highest BCUT2D eigenvalue weighted by Crippen LogP contribution is 2.29. The number of aliphatic hydroxyl groups is 2. The molecular formula is C21H29N5O7S. The number of fused-ring (bicyclic) bond motifs is 1. The van der Waals surface area contributed by atoms with Crippen molar-refractivity contribution in [2.75, 3.05) is 32.0 Å². The molecule has 1 aromatic heterocycles. The number of carbonyl (C=O) groups is 5. The lowest BCUT2D eigenvalue weighted by atomic mass is 9.87. The van der Waals surface area contributed by atoms with Gasteiger partial charge in [-0.25, -0.2) is 0 Å².